The van der Waals surface area contributed by atoms with E-state index in [-0.39, 0.29) is 0 Å². The highest BCUT2D eigenvalue weighted by molar-refractivity contribution is 7.86. The van der Waals surface area contributed by atoms with Crippen molar-refractivity contribution in [2.45, 2.75) is 103 Å². The molecule has 170 valence electrons. The zero-order chi connectivity index (χ0) is 21.5. The van der Waals surface area contributed by atoms with Crippen molar-refractivity contribution in [1.29, 1.82) is 0 Å². The van der Waals surface area contributed by atoms with Crippen LogP contribution < -0.4 is 4.90 Å². The van der Waals surface area contributed by atoms with Crippen LogP contribution in [0.15, 0.2) is 0 Å². The molecule has 0 radical (unpaired) electrons. The van der Waals surface area contributed by atoms with Crippen molar-refractivity contribution < 1.29 is 31.0 Å². The Bertz CT molecular complexity index is 468. The second-order valence-corrected chi connectivity index (χ2v) is 9.35. The third-order valence-electron chi connectivity index (χ3n) is 5.33. The molecule has 0 amide bonds. The maximum atomic E-state index is 10.7. The van der Waals surface area contributed by atoms with Crippen LogP contribution in [0.2, 0.25) is 0 Å². The number of piperidine rings is 1. The van der Waals surface area contributed by atoms with E-state index in [2.05, 4.69) is 13.8 Å². The van der Waals surface area contributed by atoms with Gasteiger partial charge in [0, 0.05) is 5.92 Å². The molecule has 0 aromatic rings. The van der Waals surface area contributed by atoms with E-state index in [0.717, 1.165) is 5.92 Å². The van der Waals surface area contributed by atoms with E-state index in [0.29, 0.717) is 0 Å². The summed E-state index contributed by atoms with van der Waals surface area (Å²) < 4.78 is 58.9. The topological polar surface area (TPSA) is 61.6 Å². The molecule has 0 aromatic heterocycles. The fourth-order valence-electron chi connectivity index (χ4n) is 3.82. The molecule has 1 heterocycles. The number of likely N-dealkylation sites (tertiary alicyclic amines) is 1. The van der Waals surface area contributed by atoms with E-state index >= 15 is 0 Å². The average Bonchev–Trinajstić information content (AvgIpc) is 2.60. The molecule has 0 bridgehead atoms. The molecule has 2 unspecified atom stereocenters. The van der Waals surface area contributed by atoms with Crippen molar-refractivity contribution in [1.82, 2.24) is 0 Å². The Morgan fingerprint density at radius 2 is 1.43 bits per heavy atom. The third-order valence-corrected chi connectivity index (χ3v) is 5.90. The monoisotopic (exact) mass is 431 g/mol. The van der Waals surface area contributed by atoms with Crippen molar-refractivity contribution in [3.05, 3.63) is 0 Å². The molecule has 28 heavy (non-hydrogen) atoms. The van der Waals surface area contributed by atoms with Crippen molar-refractivity contribution in [2.24, 2.45) is 5.92 Å². The Hall–Kier alpha value is -0.340. The minimum absolute atomic E-state index is 1.04. The predicted molar refractivity (Wildman–Crippen MR) is 106 cm³/mol. The molecule has 1 aliphatic rings. The minimum atomic E-state index is -6.09. The lowest BCUT2D eigenvalue weighted by molar-refractivity contribution is -0.909. The summed E-state index contributed by atoms with van der Waals surface area (Å²) in [6.45, 7) is 9.03. The van der Waals surface area contributed by atoms with E-state index in [1.807, 2.05) is 4.90 Å². The second-order valence-electron chi connectivity index (χ2n) is 7.98. The van der Waals surface area contributed by atoms with E-state index in [4.69, 9.17) is 13.0 Å². The van der Waals surface area contributed by atoms with Crippen LogP contribution in [0.4, 0.5) is 13.2 Å². The predicted octanol–water partition coefficient (Wildman–Crippen LogP) is 4.66. The van der Waals surface area contributed by atoms with Crippen LogP contribution in [0.1, 0.15) is 97.3 Å². The molecule has 1 saturated heterocycles. The molecule has 0 spiro atoms. The van der Waals surface area contributed by atoms with Gasteiger partial charge in [-0.15, -0.1) is 0 Å². The quantitative estimate of drug-likeness (QED) is 0.278. The summed E-state index contributed by atoms with van der Waals surface area (Å²) in [6.07, 6.45) is 19.0. The van der Waals surface area contributed by atoms with Crippen molar-refractivity contribution >= 4 is 10.1 Å². The molecule has 1 aliphatic heterocycles. The van der Waals surface area contributed by atoms with Crippen LogP contribution in [-0.2, 0) is 10.1 Å². The lowest BCUT2D eigenvalue weighted by Crippen LogP contribution is -3.13. The van der Waals surface area contributed by atoms with Crippen molar-refractivity contribution in [3.8, 4) is 0 Å². The van der Waals surface area contributed by atoms with Gasteiger partial charge in [-0.05, 0) is 32.1 Å². The van der Waals surface area contributed by atoms with Gasteiger partial charge in [0.2, 0.25) is 0 Å². The summed E-state index contributed by atoms with van der Waals surface area (Å²) in [4.78, 5) is 1.91. The largest absolute Gasteiger partial charge is 0.741 e. The SMILES string of the molecule is CCCCCCCCCCC[NH+]1CCCC(CCC)C1.O=S(=O)([O-])C(F)(F)F. The van der Waals surface area contributed by atoms with Gasteiger partial charge in [0.15, 0.2) is 10.1 Å². The zero-order valence-corrected chi connectivity index (χ0v) is 18.5. The Balaban J connectivity index is 0.000000769. The Kier molecular flexibility index (Phi) is 15.3. The first-order valence-electron chi connectivity index (χ1n) is 11.0. The maximum absolute atomic E-state index is 10.7. The highest BCUT2D eigenvalue weighted by Crippen LogP contribution is 2.20. The van der Waals surface area contributed by atoms with Crippen LogP contribution >= 0.6 is 0 Å². The first-order chi connectivity index (χ1) is 13.1. The van der Waals surface area contributed by atoms with E-state index < -0.39 is 15.6 Å². The summed E-state index contributed by atoms with van der Waals surface area (Å²) in [5.41, 5.74) is -5.65. The summed E-state index contributed by atoms with van der Waals surface area (Å²) in [7, 11) is -6.09. The van der Waals surface area contributed by atoms with E-state index in [9.17, 15) is 13.2 Å². The van der Waals surface area contributed by atoms with Gasteiger partial charge in [-0.3, -0.25) is 0 Å². The fraction of sp³-hybridized carbons (Fsp3) is 1.00. The average molecular weight is 432 g/mol. The number of alkyl halides is 3. The number of halogens is 3. The normalized spacial score (nSPS) is 20.5. The summed E-state index contributed by atoms with van der Waals surface area (Å²) in [6, 6.07) is 0. The first-order valence-corrected chi connectivity index (χ1v) is 12.4. The lowest BCUT2D eigenvalue weighted by atomic mass is 9.93. The Morgan fingerprint density at radius 1 is 0.929 bits per heavy atom. The third kappa shape index (κ3) is 14.6. The van der Waals surface area contributed by atoms with Crippen LogP contribution in [0.5, 0.6) is 0 Å². The molecular formula is C20H40F3NO3S. The first kappa shape index (κ1) is 27.7. The highest BCUT2D eigenvalue weighted by Gasteiger charge is 2.36. The van der Waals surface area contributed by atoms with E-state index in [1.165, 1.54) is 103 Å². The summed E-state index contributed by atoms with van der Waals surface area (Å²) in [5, 5.41) is 0. The minimum Gasteiger partial charge on any atom is -0.741 e. The fourth-order valence-corrected chi connectivity index (χ4v) is 3.82. The molecule has 1 fully saturated rings. The van der Waals surface area contributed by atoms with Crippen LogP contribution in [0, 0.1) is 5.92 Å². The molecule has 2 atom stereocenters. The van der Waals surface area contributed by atoms with Crippen LogP contribution in [0.25, 0.3) is 0 Å². The molecule has 1 rings (SSSR count). The Labute approximate surface area is 170 Å². The molecule has 1 N–H and O–H groups in total. The van der Waals surface area contributed by atoms with Gasteiger partial charge >= 0.3 is 5.51 Å². The molecule has 0 saturated carbocycles. The maximum Gasteiger partial charge on any atom is 0.485 e. The number of nitrogens with one attached hydrogen (secondary N) is 1. The van der Waals surface area contributed by atoms with E-state index in [1.54, 1.807) is 0 Å². The molecule has 4 nitrogen and oxygen atoms in total. The van der Waals surface area contributed by atoms with Gasteiger partial charge in [0.1, 0.15) is 0 Å². The number of hydrogen-bond acceptors (Lipinski definition) is 3. The molecule has 8 heteroatoms. The van der Waals surface area contributed by atoms with Gasteiger partial charge in [0.25, 0.3) is 0 Å². The summed E-state index contributed by atoms with van der Waals surface area (Å²) in [5.74, 6) is 1.04. The van der Waals surface area contributed by atoms with Gasteiger partial charge in [0.05, 0.1) is 19.6 Å². The lowest BCUT2D eigenvalue weighted by Gasteiger charge is -2.29. The number of rotatable bonds is 12. The molecule has 0 aliphatic carbocycles. The van der Waals surface area contributed by atoms with Crippen molar-refractivity contribution in [3.63, 3.8) is 0 Å². The molecular weight excluding hydrogens is 391 g/mol. The number of quaternary nitrogens is 1. The number of hydrogen-bond donors (Lipinski definition) is 1. The van der Waals surface area contributed by atoms with Gasteiger partial charge in [-0.1, -0.05) is 65.2 Å². The summed E-state index contributed by atoms with van der Waals surface area (Å²) >= 11 is 0. The van der Waals surface area contributed by atoms with Gasteiger partial charge < -0.3 is 9.45 Å². The van der Waals surface area contributed by atoms with Gasteiger partial charge in [-0.2, -0.15) is 13.2 Å². The van der Waals surface area contributed by atoms with Crippen molar-refractivity contribution in [2.75, 3.05) is 19.6 Å². The number of unbranched alkanes of at least 4 members (excludes halogenated alkanes) is 8. The molecule has 0 aromatic carbocycles. The van der Waals surface area contributed by atoms with Gasteiger partial charge in [-0.25, -0.2) is 8.42 Å². The van der Waals surface area contributed by atoms with Crippen LogP contribution in [-0.4, -0.2) is 38.1 Å². The van der Waals surface area contributed by atoms with Crippen LogP contribution in [0.3, 0.4) is 0 Å². The second kappa shape index (κ2) is 15.5. The highest BCUT2D eigenvalue weighted by atomic mass is 32.2. The standard InChI is InChI=1S/C19H39N.CHF3O3S/c1-3-5-6-7-8-9-10-11-12-16-20-17-13-15-19(18-20)14-4-2;2-1(3,4)8(5,6)7/h19H,3-18H2,1-2H3;(H,5,6,7). The Morgan fingerprint density at radius 3 is 1.89 bits per heavy atom. The smallest absolute Gasteiger partial charge is 0.485 e. The zero-order valence-electron chi connectivity index (χ0n) is 17.7.